The van der Waals surface area contributed by atoms with E-state index in [1.807, 2.05) is 39.0 Å². The average molecular weight is 296 g/mol. The fourth-order valence-corrected chi connectivity index (χ4v) is 2.83. The van der Waals surface area contributed by atoms with Crippen LogP contribution in [0.25, 0.3) is 0 Å². The van der Waals surface area contributed by atoms with Crippen molar-refractivity contribution in [3.63, 3.8) is 0 Å². The van der Waals surface area contributed by atoms with E-state index in [0.717, 1.165) is 23.3 Å². The number of pyridine rings is 1. The summed E-state index contributed by atoms with van der Waals surface area (Å²) in [4.78, 5) is 16.4. The molecule has 0 saturated heterocycles. The maximum absolute atomic E-state index is 12.4. The fraction of sp³-hybridized carbons (Fsp3) is 0.333. The van der Waals surface area contributed by atoms with Crippen molar-refractivity contribution in [2.75, 3.05) is 0 Å². The maximum Gasteiger partial charge on any atom is 0.253 e. The SMILES string of the molecule is Cc1ccc2c(c1)OC(C)(C)CC2NC(=O)c1cccnc1. The number of nitrogens with one attached hydrogen (secondary N) is 1. The zero-order chi connectivity index (χ0) is 15.7. The summed E-state index contributed by atoms with van der Waals surface area (Å²) < 4.78 is 6.05. The number of aryl methyl sites for hydroxylation is 1. The third-order valence-electron chi connectivity index (χ3n) is 3.86. The van der Waals surface area contributed by atoms with Crippen molar-refractivity contribution in [2.45, 2.75) is 38.8 Å². The van der Waals surface area contributed by atoms with Gasteiger partial charge in [-0.25, -0.2) is 0 Å². The van der Waals surface area contributed by atoms with Crippen LogP contribution in [0, 0.1) is 6.92 Å². The van der Waals surface area contributed by atoms with Crippen LogP contribution in [-0.2, 0) is 0 Å². The van der Waals surface area contributed by atoms with Gasteiger partial charge < -0.3 is 10.1 Å². The lowest BCUT2D eigenvalue weighted by molar-refractivity contribution is 0.0619. The summed E-state index contributed by atoms with van der Waals surface area (Å²) in [5, 5.41) is 3.11. The quantitative estimate of drug-likeness (QED) is 0.923. The van der Waals surface area contributed by atoms with Crippen LogP contribution in [0.4, 0.5) is 0 Å². The van der Waals surface area contributed by atoms with Gasteiger partial charge in [-0.05, 0) is 44.5 Å². The lowest BCUT2D eigenvalue weighted by Crippen LogP contribution is -2.41. The number of benzene rings is 1. The van der Waals surface area contributed by atoms with E-state index in [0.29, 0.717) is 5.56 Å². The summed E-state index contributed by atoms with van der Waals surface area (Å²) in [6.45, 7) is 6.12. The third kappa shape index (κ3) is 2.96. The standard InChI is InChI=1S/C18H20N2O2/c1-12-6-7-14-15(10-18(2,3)22-16(14)9-12)20-17(21)13-5-4-8-19-11-13/h4-9,11,15H,10H2,1-3H3,(H,20,21). The summed E-state index contributed by atoms with van der Waals surface area (Å²) in [6.07, 6.45) is 3.97. The van der Waals surface area contributed by atoms with E-state index in [-0.39, 0.29) is 17.6 Å². The van der Waals surface area contributed by atoms with Crippen LogP contribution in [0.15, 0.2) is 42.7 Å². The Morgan fingerprint density at radius 1 is 1.36 bits per heavy atom. The molecular formula is C18H20N2O2. The van der Waals surface area contributed by atoms with E-state index in [4.69, 9.17) is 4.74 Å². The maximum atomic E-state index is 12.4. The van der Waals surface area contributed by atoms with Crippen LogP contribution in [-0.4, -0.2) is 16.5 Å². The molecule has 22 heavy (non-hydrogen) atoms. The predicted octanol–water partition coefficient (Wildman–Crippen LogP) is 3.42. The van der Waals surface area contributed by atoms with Crippen LogP contribution in [0.5, 0.6) is 5.75 Å². The molecule has 0 saturated carbocycles. The number of carbonyl (C=O) groups excluding carboxylic acids is 1. The van der Waals surface area contributed by atoms with Gasteiger partial charge in [-0.3, -0.25) is 9.78 Å². The summed E-state index contributed by atoms with van der Waals surface area (Å²) in [7, 11) is 0. The van der Waals surface area contributed by atoms with E-state index in [9.17, 15) is 4.79 Å². The number of aromatic nitrogens is 1. The molecule has 0 bridgehead atoms. The van der Waals surface area contributed by atoms with Crippen LogP contribution in [0.1, 0.15) is 47.8 Å². The zero-order valence-corrected chi connectivity index (χ0v) is 13.1. The molecule has 114 valence electrons. The highest BCUT2D eigenvalue weighted by Crippen LogP contribution is 2.39. The first-order chi connectivity index (χ1) is 10.4. The van der Waals surface area contributed by atoms with Gasteiger partial charge in [-0.1, -0.05) is 12.1 Å². The first-order valence-corrected chi connectivity index (χ1v) is 7.45. The Morgan fingerprint density at radius 3 is 2.91 bits per heavy atom. The summed E-state index contributed by atoms with van der Waals surface area (Å²) in [6, 6.07) is 9.58. The highest BCUT2D eigenvalue weighted by atomic mass is 16.5. The lowest BCUT2D eigenvalue weighted by Gasteiger charge is -2.38. The van der Waals surface area contributed by atoms with Crippen LogP contribution in [0.3, 0.4) is 0 Å². The van der Waals surface area contributed by atoms with Crippen molar-refractivity contribution in [1.82, 2.24) is 10.3 Å². The van der Waals surface area contributed by atoms with Gasteiger partial charge in [0.05, 0.1) is 11.6 Å². The highest BCUT2D eigenvalue weighted by Gasteiger charge is 2.34. The second-order valence-corrected chi connectivity index (χ2v) is 6.37. The summed E-state index contributed by atoms with van der Waals surface area (Å²) in [5.41, 5.74) is 2.43. The molecule has 2 heterocycles. The highest BCUT2D eigenvalue weighted by molar-refractivity contribution is 5.94. The van der Waals surface area contributed by atoms with Gasteiger partial charge in [0.1, 0.15) is 11.4 Å². The van der Waals surface area contributed by atoms with E-state index in [1.54, 1.807) is 24.5 Å². The molecule has 3 rings (SSSR count). The van der Waals surface area contributed by atoms with Crippen LogP contribution < -0.4 is 10.1 Å². The van der Waals surface area contributed by atoms with Crippen molar-refractivity contribution in [3.8, 4) is 5.75 Å². The molecule has 1 aromatic heterocycles. The Balaban J connectivity index is 1.89. The fourth-order valence-electron chi connectivity index (χ4n) is 2.83. The van der Waals surface area contributed by atoms with Crippen molar-refractivity contribution < 1.29 is 9.53 Å². The number of fused-ring (bicyclic) bond motifs is 1. The lowest BCUT2D eigenvalue weighted by atomic mass is 9.89. The molecule has 0 fully saturated rings. The molecule has 4 nitrogen and oxygen atoms in total. The molecule has 1 N–H and O–H groups in total. The number of ether oxygens (including phenoxy) is 1. The predicted molar refractivity (Wildman–Crippen MR) is 84.9 cm³/mol. The first-order valence-electron chi connectivity index (χ1n) is 7.45. The number of hydrogen-bond acceptors (Lipinski definition) is 3. The van der Waals surface area contributed by atoms with Crippen LogP contribution >= 0.6 is 0 Å². The molecule has 2 aromatic rings. The minimum atomic E-state index is -0.312. The van der Waals surface area contributed by atoms with Gasteiger partial charge in [-0.2, -0.15) is 0 Å². The van der Waals surface area contributed by atoms with Crippen molar-refractivity contribution in [1.29, 1.82) is 0 Å². The second kappa shape index (κ2) is 5.44. The van der Waals surface area contributed by atoms with Gasteiger partial charge >= 0.3 is 0 Å². The van der Waals surface area contributed by atoms with Crippen molar-refractivity contribution in [2.24, 2.45) is 0 Å². The number of rotatable bonds is 2. The molecular weight excluding hydrogens is 276 g/mol. The van der Waals surface area contributed by atoms with Gasteiger partial charge in [0, 0.05) is 24.4 Å². The molecule has 1 aromatic carbocycles. The topological polar surface area (TPSA) is 51.2 Å². The molecule has 1 aliphatic rings. The van der Waals surface area contributed by atoms with Gasteiger partial charge in [0.25, 0.3) is 5.91 Å². The van der Waals surface area contributed by atoms with E-state index in [2.05, 4.69) is 10.3 Å². The van der Waals surface area contributed by atoms with Gasteiger partial charge in [-0.15, -0.1) is 0 Å². The Hall–Kier alpha value is -2.36. The normalized spacial score (nSPS) is 19.0. The molecule has 1 atom stereocenters. The first kappa shape index (κ1) is 14.6. The molecule has 0 aliphatic carbocycles. The molecule has 4 heteroatoms. The molecule has 0 spiro atoms. The zero-order valence-electron chi connectivity index (χ0n) is 13.1. The monoisotopic (exact) mass is 296 g/mol. The van der Waals surface area contributed by atoms with Gasteiger partial charge in [0.2, 0.25) is 0 Å². The average Bonchev–Trinajstić information content (AvgIpc) is 2.46. The Morgan fingerprint density at radius 2 is 2.18 bits per heavy atom. The molecule has 1 unspecified atom stereocenters. The minimum absolute atomic E-state index is 0.0629. The van der Waals surface area contributed by atoms with Crippen molar-refractivity contribution >= 4 is 5.91 Å². The largest absolute Gasteiger partial charge is 0.487 e. The minimum Gasteiger partial charge on any atom is -0.487 e. The number of hydrogen-bond donors (Lipinski definition) is 1. The van der Waals surface area contributed by atoms with Gasteiger partial charge in [0.15, 0.2) is 0 Å². The Bertz CT molecular complexity index is 695. The van der Waals surface area contributed by atoms with E-state index < -0.39 is 0 Å². The van der Waals surface area contributed by atoms with E-state index >= 15 is 0 Å². The van der Waals surface area contributed by atoms with Crippen LogP contribution in [0.2, 0.25) is 0 Å². The van der Waals surface area contributed by atoms with E-state index in [1.165, 1.54) is 0 Å². The molecule has 1 amide bonds. The summed E-state index contributed by atoms with van der Waals surface area (Å²) in [5.74, 6) is 0.745. The number of amides is 1. The molecule has 1 aliphatic heterocycles. The number of nitrogens with zero attached hydrogens (tertiary/aromatic N) is 1. The van der Waals surface area contributed by atoms with Crippen molar-refractivity contribution in [3.05, 3.63) is 59.4 Å². The third-order valence-corrected chi connectivity index (χ3v) is 3.86. The number of carbonyl (C=O) groups is 1. The second-order valence-electron chi connectivity index (χ2n) is 6.37. The Labute approximate surface area is 130 Å². The summed E-state index contributed by atoms with van der Waals surface area (Å²) >= 11 is 0. The Kier molecular flexibility index (Phi) is 3.61. The molecule has 0 radical (unpaired) electrons. The smallest absolute Gasteiger partial charge is 0.253 e.